The van der Waals surface area contributed by atoms with Crippen LogP contribution in [0, 0.1) is 11.2 Å². The van der Waals surface area contributed by atoms with Gasteiger partial charge >= 0.3 is 0 Å². The Morgan fingerprint density at radius 1 is 1.35 bits per heavy atom. The normalized spacial score (nSPS) is 22.0. The Balaban J connectivity index is 1.73. The number of rotatable bonds is 3. The molecule has 0 amide bonds. The Morgan fingerprint density at radius 3 is 2.91 bits per heavy atom. The maximum Gasteiger partial charge on any atom is 0.148 e. The lowest BCUT2D eigenvalue weighted by Gasteiger charge is -2.29. The molecule has 0 bridgehead atoms. The molecule has 1 fully saturated rings. The van der Waals surface area contributed by atoms with Gasteiger partial charge in [0.15, 0.2) is 0 Å². The molecule has 0 spiro atoms. The van der Waals surface area contributed by atoms with Crippen molar-refractivity contribution in [2.24, 2.45) is 5.41 Å². The van der Waals surface area contributed by atoms with E-state index >= 15 is 0 Å². The number of aromatic nitrogens is 2. The van der Waals surface area contributed by atoms with Crippen LogP contribution in [0.4, 0.5) is 4.39 Å². The van der Waals surface area contributed by atoms with E-state index in [9.17, 15) is 9.50 Å². The average Bonchev–Trinajstić information content (AvgIpc) is 2.87. The fraction of sp³-hybridized carbons (Fsp3) is 0.500. The molecular formula is C18H24FN3O. The Hall–Kier alpha value is -1.72. The van der Waals surface area contributed by atoms with Gasteiger partial charge in [0.05, 0.1) is 12.3 Å². The van der Waals surface area contributed by atoms with Gasteiger partial charge in [-0.3, -0.25) is 4.90 Å². The molecule has 124 valence electrons. The summed E-state index contributed by atoms with van der Waals surface area (Å²) in [4.78, 5) is 2.35. The molecule has 5 heteroatoms. The highest BCUT2D eigenvalue weighted by atomic mass is 19.1. The number of hydrogen-bond donors (Lipinski definition) is 1. The quantitative estimate of drug-likeness (QED) is 0.946. The highest BCUT2D eigenvalue weighted by molar-refractivity contribution is 5.32. The molecule has 0 aliphatic carbocycles. The van der Waals surface area contributed by atoms with E-state index in [1.54, 1.807) is 29.1 Å². The van der Waals surface area contributed by atoms with E-state index in [-0.39, 0.29) is 17.3 Å². The van der Waals surface area contributed by atoms with Crippen LogP contribution in [0.1, 0.15) is 32.3 Å². The number of nitrogens with zero attached hydrogens (tertiary/aromatic N) is 3. The van der Waals surface area contributed by atoms with E-state index in [1.807, 2.05) is 6.20 Å². The minimum absolute atomic E-state index is 0.0947. The molecule has 1 aromatic heterocycles. The van der Waals surface area contributed by atoms with Gasteiger partial charge in [-0.15, -0.1) is 0 Å². The monoisotopic (exact) mass is 317 g/mol. The van der Waals surface area contributed by atoms with Gasteiger partial charge in [0.2, 0.25) is 0 Å². The lowest BCUT2D eigenvalue weighted by molar-refractivity contribution is 0.121. The molecule has 2 aromatic rings. The summed E-state index contributed by atoms with van der Waals surface area (Å²) in [7, 11) is 0. The first kappa shape index (κ1) is 16.1. The second kappa shape index (κ2) is 6.42. The minimum Gasteiger partial charge on any atom is -0.393 e. The summed E-state index contributed by atoms with van der Waals surface area (Å²) < 4.78 is 15.4. The fourth-order valence-corrected chi connectivity index (χ4v) is 3.42. The molecular weight excluding hydrogens is 293 g/mol. The van der Waals surface area contributed by atoms with Gasteiger partial charge < -0.3 is 5.11 Å². The fourth-order valence-electron chi connectivity index (χ4n) is 3.42. The number of aliphatic hydroxyl groups is 1. The van der Waals surface area contributed by atoms with Crippen LogP contribution in [0.15, 0.2) is 36.7 Å². The zero-order valence-corrected chi connectivity index (χ0v) is 13.7. The van der Waals surface area contributed by atoms with E-state index in [0.29, 0.717) is 5.69 Å². The third kappa shape index (κ3) is 3.98. The Bertz CT molecular complexity index is 668. The highest BCUT2D eigenvalue weighted by Gasteiger charge is 2.29. The Morgan fingerprint density at radius 2 is 2.13 bits per heavy atom. The molecule has 1 unspecified atom stereocenters. The van der Waals surface area contributed by atoms with E-state index < -0.39 is 0 Å². The van der Waals surface area contributed by atoms with Crippen molar-refractivity contribution in [1.82, 2.24) is 14.7 Å². The molecule has 1 aliphatic rings. The largest absolute Gasteiger partial charge is 0.393 e. The molecule has 2 heterocycles. The lowest BCUT2D eigenvalue weighted by Crippen LogP contribution is -2.32. The molecule has 1 aliphatic heterocycles. The van der Waals surface area contributed by atoms with Gasteiger partial charge in [-0.25, -0.2) is 9.07 Å². The summed E-state index contributed by atoms with van der Waals surface area (Å²) in [5, 5.41) is 14.3. The first-order valence-electron chi connectivity index (χ1n) is 8.12. The van der Waals surface area contributed by atoms with Crippen LogP contribution < -0.4 is 0 Å². The molecule has 4 nitrogen and oxygen atoms in total. The minimum atomic E-state index is -0.277. The van der Waals surface area contributed by atoms with Crippen LogP contribution in [0.25, 0.3) is 5.69 Å². The molecule has 23 heavy (non-hydrogen) atoms. The number of aliphatic hydroxyl groups excluding tert-OH is 1. The highest BCUT2D eigenvalue weighted by Crippen LogP contribution is 2.29. The van der Waals surface area contributed by atoms with Gasteiger partial charge in [-0.2, -0.15) is 5.10 Å². The Labute approximate surface area is 136 Å². The summed E-state index contributed by atoms with van der Waals surface area (Å²) in [6, 6.07) is 6.64. The van der Waals surface area contributed by atoms with E-state index in [4.69, 9.17) is 0 Å². The molecule has 1 saturated heterocycles. The molecule has 1 N–H and O–H groups in total. The second-order valence-corrected chi connectivity index (χ2v) is 7.27. The van der Waals surface area contributed by atoms with Gasteiger partial charge in [0.1, 0.15) is 11.5 Å². The van der Waals surface area contributed by atoms with Crippen molar-refractivity contribution < 1.29 is 9.50 Å². The SMILES string of the molecule is CC1(C)CC(O)CCN(Cc2cnn(-c3ccccc3F)c2)C1. The van der Waals surface area contributed by atoms with E-state index in [2.05, 4.69) is 23.8 Å². The predicted molar refractivity (Wildman–Crippen MR) is 87.8 cm³/mol. The van der Waals surface area contributed by atoms with Gasteiger partial charge in [0, 0.05) is 31.4 Å². The summed E-state index contributed by atoms with van der Waals surface area (Å²) in [5.41, 5.74) is 1.61. The van der Waals surface area contributed by atoms with Crippen molar-refractivity contribution in [2.45, 2.75) is 39.3 Å². The van der Waals surface area contributed by atoms with Crippen LogP contribution in [0.2, 0.25) is 0 Å². The molecule has 3 rings (SSSR count). The molecule has 0 saturated carbocycles. The standard InChI is InChI=1S/C18H24FN3O/c1-18(2)9-15(23)7-8-21(13-18)11-14-10-20-22(12-14)17-6-4-3-5-16(17)19/h3-6,10,12,15,23H,7-9,11,13H2,1-2H3. The zero-order chi connectivity index (χ0) is 16.4. The topological polar surface area (TPSA) is 41.3 Å². The van der Waals surface area contributed by atoms with Crippen LogP contribution in [-0.4, -0.2) is 39.0 Å². The predicted octanol–water partition coefficient (Wildman–Crippen LogP) is 2.99. The van der Waals surface area contributed by atoms with Crippen molar-refractivity contribution in [2.75, 3.05) is 13.1 Å². The average molecular weight is 317 g/mol. The first-order valence-corrected chi connectivity index (χ1v) is 8.12. The first-order chi connectivity index (χ1) is 10.9. The summed E-state index contributed by atoms with van der Waals surface area (Å²) in [5.74, 6) is -0.277. The number of likely N-dealkylation sites (tertiary alicyclic amines) is 1. The zero-order valence-electron chi connectivity index (χ0n) is 13.7. The van der Waals surface area contributed by atoms with Crippen molar-refractivity contribution in [3.8, 4) is 5.69 Å². The summed E-state index contributed by atoms with van der Waals surface area (Å²) >= 11 is 0. The van der Waals surface area contributed by atoms with Gasteiger partial charge in [-0.1, -0.05) is 26.0 Å². The maximum absolute atomic E-state index is 13.8. The number of benzene rings is 1. The van der Waals surface area contributed by atoms with Crippen molar-refractivity contribution in [3.63, 3.8) is 0 Å². The van der Waals surface area contributed by atoms with Crippen molar-refractivity contribution in [1.29, 1.82) is 0 Å². The smallest absolute Gasteiger partial charge is 0.148 e. The number of para-hydroxylation sites is 1. The number of halogens is 1. The van der Waals surface area contributed by atoms with Gasteiger partial charge in [0.25, 0.3) is 0 Å². The maximum atomic E-state index is 13.8. The summed E-state index contributed by atoms with van der Waals surface area (Å²) in [6.45, 7) is 6.96. The van der Waals surface area contributed by atoms with Crippen LogP contribution in [0.3, 0.4) is 0 Å². The van der Waals surface area contributed by atoms with Crippen LogP contribution >= 0.6 is 0 Å². The third-order valence-corrected chi connectivity index (χ3v) is 4.36. The van der Waals surface area contributed by atoms with Crippen LogP contribution in [-0.2, 0) is 6.54 Å². The summed E-state index contributed by atoms with van der Waals surface area (Å²) in [6.07, 6.45) is 5.08. The van der Waals surface area contributed by atoms with Crippen LogP contribution in [0.5, 0.6) is 0 Å². The van der Waals surface area contributed by atoms with E-state index in [1.165, 1.54) is 6.07 Å². The van der Waals surface area contributed by atoms with E-state index in [0.717, 1.165) is 38.0 Å². The second-order valence-electron chi connectivity index (χ2n) is 7.27. The number of hydrogen-bond acceptors (Lipinski definition) is 3. The van der Waals surface area contributed by atoms with Gasteiger partial charge in [-0.05, 0) is 30.4 Å². The Kier molecular flexibility index (Phi) is 4.50. The molecule has 1 atom stereocenters. The van der Waals surface area contributed by atoms with Crippen molar-refractivity contribution in [3.05, 3.63) is 48.0 Å². The third-order valence-electron chi connectivity index (χ3n) is 4.36. The molecule has 1 aromatic carbocycles. The van der Waals surface area contributed by atoms with Crippen molar-refractivity contribution >= 4 is 0 Å². The lowest BCUT2D eigenvalue weighted by atomic mass is 9.87. The molecule has 0 radical (unpaired) electrons.